The minimum atomic E-state index is -1.05. The van der Waals surface area contributed by atoms with Crippen LogP contribution in [-0.2, 0) is 27.2 Å². The van der Waals surface area contributed by atoms with Crippen molar-refractivity contribution in [2.24, 2.45) is 0 Å². The van der Waals surface area contributed by atoms with Gasteiger partial charge in [-0.25, -0.2) is 4.79 Å². The number of nitrogens with two attached hydrogens (primary N) is 2. The van der Waals surface area contributed by atoms with E-state index in [-0.39, 0.29) is 30.7 Å². The lowest BCUT2D eigenvalue weighted by Gasteiger charge is -2.19. The molecule has 0 aromatic carbocycles. The average Bonchev–Trinajstić information content (AvgIpc) is 3.43. The molecule has 35 heavy (non-hydrogen) atoms. The molecule has 0 aliphatic heterocycles. The number of esters is 1. The number of nitrogen functional groups attached to an aromatic ring is 2. The molecule has 0 saturated carbocycles. The van der Waals surface area contributed by atoms with Crippen LogP contribution in [0.4, 0.5) is 11.8 Å². The molecule has 11 nitrogen and oxygen atoms in total. The van der Waals surface area contributed by atoms with Crippen LogP contribution in [0.25, 0.3) is 11.1 Å². The van der Waals surface area contributed by atoms with Crippen molar-refractivity contribution < 1.29 is 28.6 Å². The van der Waals surface area contributed by atoms with Gasteiger partial charge < -0.3 is 31.0 Å². The average molecular weight is 504 g/mol. The maximum absolute atomic E-state index is 12.7. The second kappa shape index (κ2) is 11.6. The molecule has 6 N–H and O–H groups in total. The SMILES string of the molecule is CCC(C)OC(=O)C(CCC(=O)O)NC(=O)c1cc(CCCc2coc3nc(N)nc(N)c23)cs1. The van der Waals surface area contributed by atoms with Crippen LogP contribution in [-0.4, -0.2) is 45.1 Å². The van der Waals surface area contributed by atoms with Gasteiger partial charge >= 0.3 is 11.9 Å². The van der Waals surface area contributed by atoms with Crippen LogP contribution < -0.4 is 16.8 Å². The van der Waals surface area contributed by atoms with Gasteiger partial charge in [-0.3, -0.25) is 9.59 Å². The van der Waals surface area contributed by atoms with Crippen molar-refractivity contribution in [1.29, 1.82) is 0 Å². The summed E-state index contributed by atoms with van der Waals surface area (Å²) in [7, 11) is 0. The van der Waals surface area contributed by atoms with Gasteiger partial charge in [0.1, 0.15) is 11.9 Å². The zero-order valence-electron chi connectivity index (χ0n) is 19.6. The molecule has 2 unspecified atom stereocenters. The largest absolute Gasteiger partial charge is 0.481 e. The predicted molar refractivity (Wildman–Crippen MR) is 131 cm³/mol. The summed E-state index contributed by atoms with van der Waals surface area (Å²) in [6.07, 6.45) is 3.70. The number of ether oxygens (including phenoxy) is 1. The van der Waals surface area contributed by atoms with Gasteiger partial charge in [-0.15, -0.1) is 11.3 Å². The Kier molecular flexibility index (Phi) is 8.63. The molecule has 3 rings (SSSR count). The van der Waals surface area contributed by atoms with Crippen molar-refractivity contribution in [2.75, 3.05) is 11.5 Å². The van der Waals surface area contributed by atoms with Gasteiger partial charge in [0.05, 0.1) is 22.6 Å². The molecule has 0 aliphatic rings. The summed E-state index contributed by atoms with van der Waals surface area (Å²) >= 11 is 1.26. The van der Waals surface area contributed by atoms with Crippen LogP contribution in [0.3, 0.4) is 0 Å². The number of carboxylic acid groups (broad SMARTS) is 1. The van der Waals surface area contributed by atoms with Crippen LogP contribution >= 0.6 is 11.3 Å². The van der Waals surface area contributed by atoms with E-state index in [1.807, 2.05) is 12.3 Å². The molecule has 0 bridgehead atoms. The highest BCUT2D eigenvalue weighted by Gasteiger charge is 2.25. The van der Waals surface area contributed by atoms with Crippen molar-refractivity contribution in [3.05, 3.63) is 33.7 Å². The molecule has 1 amide bonds. The Morgan fingerprint density at radius 2 is 2.03 bits per heavy atom. The zero-order chi connectivity index (χ0) is 25.5. The number of thiophene rings is 1. The van der Waals surface area contributed by atoms with Crippen molar-refractivity contribution in [3.8, 4) is 0 Å². The van der Waals surface area contributed by atoms with Gasteiger partial charge in [-0.2, -0.15) is 9.97 Å². The lowest BCUT2D eigenvalue weighted by molar-refractivity contribution is -0.151. The second-order valence-electron chi connectivity index (χ2n) is 8.20. The summed E-state index contributed by atoms with van der Waals surface area (Å²) in [6.45, 7) is 3.60. The molecule has 2 atom stereocenters. The van der Waals surface area contributed by atoms with Crippen LogP contribution in [0.15, 0.2) is 22.1 Å². The number of rotatable bonds is 12. The smallest absolute Gasteiger partial charge is 0.328 e. The van der Waals surface area contributed by atoms with Crippen molar-refractivity contribution in [2.45, 2.75) is 64.5 Å². The van der Waals surface area contributed by atoms with Gasteiger partial charge in [0.25, 0.3) is 5.91 Å². The number of carbonyl (C=O) groups is 3. The summed E-state index contributed by atoms with van der Waals surface area (Å²) in [5, 5.41) is 14.1. The number of carbonyl (C=O) groups excluding carboxylic acids is 2. The third-order valence-electron chi connectivity index (χ3n) is 5.47. The Balaban J connectivity index is 1.59. The molecule has 0 radical (unpaired) electrons. The normalized spacial score (nSPS) is 12.9. The van der Waals surface area contributed by atoms with Crippen molar-refractivity contribution in [1.82, 2.24) is 15.3 Å². The molecule has 0 saturated heterocycles. The van der Waals surface area contributed by atoms with E-state index in [1.165, 1.54) is 11.3 Å². The second-order valence-corrected chi connectivity index (χ2v) is 9.11. The first kappa shape index (κ1) is 25.9. The first-order valence-electron chi connectivity index (χ1n) is 11.3. The van der Waals surface area contributed by atoms with Crippen molar-refractivity contribution in [3.63, 3.8) is 0 Å². The number of furan rings is 1. The third kappa shape index (κ3) is 6.92. The molecular weight excluding hydrogens is 474 g/mol. The van der Waals surface area contributed by atoms with E-state index in [2.05, 4.69) is 15.3 Å². The summed E-state index contributed by atoms with van der Waals surface area (Å²) in [5.74, 6) is -1.81. The van der Waals surface area contributed by atoms with Crippen LogP contribution in [0.2, 0.25) is 0 Å². The number of fused-ring (bicyclic) bond motifs is 1. The molecule has 0 aliphatic carbocycles. The van der Waals surface area contributed by atoms with Crippen LogP contribution in [0.1, 0.15) is 60.3 Å². The van der Waals surface area contributed by atoms with Gasteiger partial charge in [0.15, 0.2) is 0 Å². The molecule has 0 spiro atoms. The Bertz CT molecular complexity index is 1210. The molecule has 12 heteroatoms. The number of nitrogens with zero attached hydrogens (tertiary/aromatic N) is 2. The quantitative estimate of drug-likeness (QED) is 0.268. The lowest BCUT2D eigenvalue weighted by atomic mass is 10.1. The maximum atomic E-state index is 12.7. The number of aliphatic carboxylic acids is 1. The van der Waals surface area contributed by atoms with Gasteiger partial charge in [-0.05, 0) is 56.0 Å². The zero-order valence-corrected chi connectivity index (χ0v) is 20.4. The number of aromatic nitrogens is 2. The fourth-order valence-electron chi connectivity index (χ4n) is 3.45. The first-order valence-corrected chi connectivity index (χ1v) is 12.2. The molecule has 3 aromatic rings. The summed E-state index contributed by atoms with van der Waals surface area (Å²) in [4.78, 5) is 44.6. The third-order valence-corrected chi connectivity index (χ3v) is 6.45. The van der Waals surface area contributed by atoms with E-state index in [4.69, 9.17) is 25.7 Å². The van der Waals surface area contributed by atoms with Crippen molar-refractivity contribution >= 4 is 52.0 Å². The number of hydrogen-bond donors (Lipinski definition) is 4. The number of aryl methyl sites for hydroxylation is 2. The summed E-state index contributed by atoms with van der Waals surface area (Å²) in [5.41, 5.74) is 13.7. The molecule has 188 valence electrons. The van der Waals surface area contributed by atoms with E-state index in [0.717, 1.165) is 17.5 Å². The highest BCUT2D eigenvalue weighted by Crippen LogP contribution is 2.26. The van der Waals surface area contributed by atoms with E-state index in [9.17, 15) is 14.4 Å². The number of amides is 1. The maximum Gasteiger partial charge on any atom is 0.328 e. The minimum Gasteiger partial charge on any atom is -0.481 e. The molecular formula is C23H29N5O6S. The Labute approximate surface area is 205 Å². The minimum absolute atomic E-state index is 0.0499. The number of hydrogen-bond acceptors (Lipinski definition) is 10. The Morgan fingerprint density at radius 1 is 1.26 bits per heavy atom. The van der Waals surface area contributed by atoms with Crippen LogP contribution in [0.5, 0.6) is 0 Å². The first-order chi connectivity index (χ1) is 16.7. The predicted octanol–water partition coefficient (Wildman–Crippen LogP) is 2.93. The fourth-order valence-corrected chi connectivity index (χ4v) is 4.30. The van der Waals surface area contributed by atoms with Gasteiger partial charge in [0, 0.05) is 12.0 Å². The topological polar surface area (TPSA) is 184 Å². The van der Waals surface area contributed by atoms with E-state index >= 15 is 0 Å². The molecule has 0 fully saturated rings. The Hall–Kier alpha value is -3.67. The number of nitrogens with one attached hydrogen (secondary N) is 1. The molecule has 3 heterocycles. The van der Waals surface area contributed by atoms with E-state index in [0.29, 0.717) is 35.2 Å². The van der Waals surface area contributed by atoms with Gasteiger partial charge in [0.2, 0.25) is 11.7 Å². The highest BCUT2D eigenvalue weighted by molar-refractivity contribution is 7.12. The summed E-state index contributed by atoms with van der Waals surface area (Å²) < 4.78 is 10.7. The Morgan fingerprint density at radius 3 is 2.74 bits per heavy atom. The van der Waals surface area contributed by atoms with Crippen LogP contribution in [0, 0.1) is 0 Å². The van der Waals surface area contributed by atoms with Gasteiger partial charge in [-0.1, -0.05) is 6.92 Å². The fraction of sp³-hybridized carbons (Fsp3) is 0.435. The van der Waals surface area contributed by atoms with E-state index < -0.39 is 23.9 Å². The van der Waals surface area contributed by atoms with E-state index in [1.54, 1.807) is 19.3 Å². The number of carboxylic acids is 1. The standard InChI is InChI=1S/C23H29N5O6S/c1-3-12(2)34-22(32)15(7-8-17(29)30)26-20(31)16-9-13(11-35-16)5-4-6-14-10-33-21-18(14)19(24)27-23(25)28-21/h9-12,15H,3-8H2,1-2H3,(H,26,31)(H,29,30)(H4,24,25,27,28). The molecule has 3 aromatic heterocycles. The highest BCUT2D eigenvalue weighted by atomic mass is 32.1. The monoisotopic (exact) mass is 503 g/mol. The number of anilines is 2. The lowest BCUT2D eigenvalue weighted by Crippen LogP contribution is -2.42. The summed E-state index contributed by atoms with van der Waals surface area (Å²) in [6, 6.07) is 0.731.